The fourth-order valence-electron chi connectivity index (χ4n) is 9.20. The van der Waals surface area contributed by atoms with Gasteiger partial charge in [0.1, 0.15) is 12.2 Å². The zero-order valence-electron chi connectivity index (χ0n) is 20.2. The van der Waals surface area contributed by atoms with Crippen LogP contribution in [0.2, 0.25) is 0 Å². The van der Waals surface area contributed by atoms with E-state index in [-0.39, 0.29) is 58.5 Å². The molecule has 5 heteroatoms. The summed E-state index contributed by atoms with van der Waals surface area (Å²) in [6.07, 6.45) is 11.1. The molecule has 11 atom stereocenters. The topological polar surface area (TPSA) is 69.7 Å². The fourth-order valence-corrected chi connectivity index (χ4v) is 9.20. The Morgan fingerprint density at radius 1 is 0.879 bits per heavy atom. The minimum absolute atomic E-state index is 0.0276. The van der Waals surface area contributed by atoms with Crippen molar-refractivity contribution < 1.29 is 23.9 Å². The average molecular weight is 453 g/mol. The second kappa shape index (κ2) is 7.05. The number of ether oxygens (including phenoxy) is 2. The summed E-state index contributed by atoms with van der Waals surface area (Å²) in [5, 5.41) is 0. The number of cyclic esters (lactones) is 2. The molecule has 0 unspecified atom stereocenters. The van der Waals surface area contributed by atoms with Crippen molar-refractivity contribution in [1.82, 2.24) is 0 Å². The van der Waals surface area contributed by atoms with Crippen LogP contribution in [0.15, 0.2) is 23.8 Å². The van der Waals surface area contributed by atoms with Gasteiger partial charge >= 0.3 is 11.9 Å². The molecule has 2 aliphatic heterocycles. The molecule has 5 nitrogen and oxygen atoms in total. The van der Waals surface area contributed by atoms with Crippen LogP contribution in [-0.2, 0) is 23.9 Å². The molecule has 0 N–H and O–H groups in total. The van der Waals surface area contributed by atoms with Gasteiger partial charge in [0.2, 0.25) is 0 Å². The molecule has 2 saturated heterocycles. The van der Waals surface area contributed by atoms with Crippen LogP contribution in [0.1, 0.15) is 66.2 Å². The predicted octanol–water partition coefficient (Wildman–Crippen LogP) is 4.65. The van der Waals surface area contributed by atoms with E-state index in [1.807, 2.05) is 19.9 Å². The van der Waals surface area contributed by atoms with Crippen LogP contribution in [0.5, 0.6) is 0 Å². The second-order valence-electron chi connectivity index (χ2n) is 12.1. The van der Waals surface area contributed by atoms with Crippen LogP contribution < -0.4 is 0 Å². The molecule has 178 valence electrons. The number of carbonyl (C=O) groups excluding carboxylic acids is 3. The van der Waals surface area contributed by atoms with Gasteiger partial charge in [-0.1, -0.05) is 39.3 Å². The second-order valence-corrected chi connectivity index (χ2v) is 12.1. The minimum Gasteiger partial charge on any atom is -0.458 e. The van der Waals surface area contributed by atoms with Crippen molar-refractivity contribution in [3.8, 4) is 0 Å². The molecule has 6 aliphatic rings. The number of carbonyl (C=O) groups is 3. The molecule has 0 radical (unpaired) electrons. The van der Waals surface area contributed by atoms with Crippen molar-refractivity contribution in [2.45, 2.75) is 78.4 Å². The Hall–Kier alpha value is -1.91. The lowest BCUT2D eigenvalue weighted by Gasteiger charge is -2.59. The Labute approximate surface area is 196 Å². The number of fused-ring (bicyclic) bond motifs is 4. The monoisotopic (exact) mass is 452 g/mol. The molecule has 33 heavy (non-hydrogen) atoms. The number of rotatable bonds is 1. The Kier molecular flexibility index (Phi) is 4.62. The Bertz CT molecular complexity index is 979. The smallest absolute Gasteiger partial charge is 0.313 e. The molecule has 0 aromatic carbocycles. The first-order valence-electron chi connectivity index (χ1n) is 13.0. The summed E-state index contributed by atoms with van der Waals surface area (Å²) in [4.78, 5) is 38.1. The van der Waals surface area contributed by atoms with Crippen LogP contribution in [0.4, 0.5) is 0 Å². The summed E-state index contributed by atoms with van der Waals surface area (Å²) in [5.41, 5.74) is 0.834. The van der Waals surface area contributed by atoms with Crippen molar-refractivity contribution in [2.24, 2.45) is 52.3 Å². The van der Waals surface area contributed by atoms with E-state index in [2.05, 4.69) is 19.9 Å². The van der Waals surface area contributed by atoms with Crippen molar-refractivity contribution >= 4 is 17.7 Å². The van der Waals surface area contributed by atoms with E-state index >= 15 is 0 Å². The van der Waals surface area contributed by atoms with Crippen LogP contribution in [-0.4, -0.2) is 29.9 Å². The molecule has 6 rings (SSSR count). The lowest BCUT2D eigenvalue weighted by atomic mass is 9.46. The number of esters is 2. The molecule has 4 aliphatic carbocycles. The summed E-state index contributed by atoms with van der Waals surface area (Å²) in [5.74, 6) is 1.64. The number of allylic oxidation sites excluding steroid dienone is 4. The standard InChI is InChI=1S/C28H36O5/c1-14-15(2)25(30)32-23(14)24-16(3)20-7-8-22-19-6-5-17-13-18(29)9-11-27(17,4)21(19)10-12-28(20,22)26(31)33-24/h9,11,13-16,19-24H,5-8,10,12H2,1-4H3/t14-,15-,16+,19-,20-,21+,22+,23-,24+,27+,28+/m1/s1. The molecular formula is C28H36O5. The molecule has 0 amide bonds. The van der Waals surface area contributed by atoms with E-state index in [4.69, 9.17) is 9.47 Å². The van der Waals surface area contributed by atoms with Crippen LogP contribution in [0.3, 0.4) is 0 Å². The van der Waals surface area contributed by atoms with Gasteiger partial charge in [-0.3, -0.25) is 14.4 Å². The van der Waals surface area contributed by atoms with Crippen LogP contribution in [0, 0.1) is 52.3 Å². The molecule has 0 aromatic heterocycles. The molecule has 0 bridgehead atoms. The van der Waals surface area contributed by atoms with E-state index in [0.717, 1.165) is 38.5 Å². The number of ketones is 1. The molecule has 2 heterocycles. The van der Waals surface area contributed by atoms with Gasteiger partial charge in [0, 0.05) is 17.3 Å². The van der Waals surface area contributed by atoms with Gasteiger partial charge in [0.15, 0.2) is 5.78 Å². The SMILES string of the molecule is C[C@@H]1[C@@H]([C@@H]2OC(=O)[C@H](C)[C@H]2C)OC(=O)[C@]23CC[C@H]4[C@@H](CCC5=CC(=O)C=C[C@@]54C)[C@@H]2CC[C@H]13. The highest BCUT2D eigenvalue weighted by atomic mass is 16.6. The van der Waals surface area contributed by atoms with E-state index in [0.29, 0.717) is 23.7 Å². The third-order valence-electron chi connectivity index (χ3n) is 11.2. The highest BCUT2D eigenvalue weighted by Gasteiger charge is 2.68. The largest absolute Gasteiger partial charge is 0.458 e. The molecular weight excluding hydrogens is 416 g/mol. The van der Waals surface area contributed by atoms with Crippen molar-refractivity contribution in [2.75, 3.05) is 0 Å². The highest BCUT2D eigenvalue weighted by molar-refractivity contribution is 6.01. The third kappa shape index (κ3) is 2.68. The third-order valence-corrected chi connectivity index (χ3v) is 11.2. The van der Waals surface area contributed by atoms with E-state index in [9.17, 15) is 14.4 Å². The normalized spacial score (nSPS) is 52.8. The minimum atomic E-state index is -0.389. The van der Waals surface area contributed by atoms with Gasteiger partial charge in [-0.25, -0.2) is 0 Å². The zero-order valence-corrected chi connectivity index (χ0v) is 20.2. The lowest BCUT2D eigenvalue weighted by Crippen LogP contribution is -2.60. The van der Waals surface area contributed by atoms with Gasteiger partial charge in [-0.2, -0.15) is 0 Å². The highest BCUT2D eigenvalue weighted by Crippen LogP contribution is 2.69. The molecule has 1 spiro atoms. The Balaban J connectivity index is 1.30. The van der Waals surface area contributed by atoms with Gasteiger partial charge in [-0.05, 0) is 74.3 Å². The van der Waals surface area contributed by atoms with Gasteiger partial charge in [0.05, 0.1) is 11.3 Å². The molecule has 5 fully saturated rings. The first-order chi connectivity index (χ1) is 15.7. The molecule has 0 aromatic rings. The van der Waals surface area contributed by atoms with Crippen molar-refractivity contribution in [3.63, 3.8) is 0 Å². The fraction of sp³-hybridized carbons (Fsp3) is 0.750. The maximum absolute atomic E-state index is 13.9. The summed E-state index contributed by atoms with van der Waals surface area (Å²) in [6.45, 7) is 8.48. The van der Waals surface area contributed by atoms with Crippen molar-refractivity contribution in [3.05, 3.63) is 23.8 Å². The van der Waals surface area contributed by atoms with Gasteiger partial charge in [0.25, 0.3) is 0 Å². The quantitative estimate of drug-likeness (QED) is 0.542. The van der Waals surface area contributed by atoms with E-state index < -0.39 is 0 Å². The van der Waals surface area contributed by atoms with E-state index in [1.165, 1.54) is 5.57 Å². The average Bonchev–Trinajstić information content (AvgIpc) is 3.31. The maximum atomic E-state index is 13.9. The zero-order chi connectivity index (χ0) is 23.3. The van der Waals surface area contributed by atoms with Crippen LogP contribution >= 0.6 is 0 Å². The van der Waals surface area contributed by atoms with Gasteiger partial charge in [-0.15, -0.1) is 0 Å². The summed E-state index contributed by atoms with van der Waals surface area (Å²) in [6, 6.07) is 0. The van der Waals surface area contributed by atoms with Gasteiger partial charge < -0.3 is 9.47 Å². The summed E-state index contributed by atoms with van der Waals surface area (Å²) < 4.78 is 12.0. The Morgan fingerprint density at radius 2 is 1.61 bits per heavy atom. The number of hydrogen-bond donors (Lipinski definition) is 0. The molecule has 3 saturated carbocycles. The number of hydrogen-bond acceptors (Lipinski definition) is 5. The van der Waals surface area contributed by atoms with Crippen molar-refractivity contribution in [1.29, 1.82) is 0 Å². The predicted molar refractivity (Wildman–Crippen MR) is 122 cm³/mol. The first kappa shape index (κ1) is 21.6. The van der Waals surface area contributed by atoms with E-state index in [1.54, 1.807) is 6.08 Å². The lowest BCUT2D eigenvalue weighted by molar-refractivity contribution is -0.211. The maximum Gasteiger partial charge on any atom is 0.313 e. The van der Waals surface area contributed by atoms with Crippen LogP contribution in [0.25, 0.3) is 0 Å². The first-order valence-corrected chi connectivity index (χ1v) is 13.0. The summed E-state index contributed by atoms with van der Waals surface area (Å²) >= 11 is 0. The summed E-state index contributed by atoms with van der Waals surface area (Å²) in [7, 11) is 0. The Morgan fingerprint density at radius 3 is 2.33 bits per heavy atom.